The molecule has 0 aromatic carbocycles. The highest BCUT2D eigenvalue weighted by Gasteiger charge is 2.53. The van der Waals surface area contributed by atoms with Crippen molar-refractivity contribution in [1.29, 1.82) is 0 Å². The molecule has 1 aromatic heterocycles. The molecule has 4 bridgehead atoms. The van der Waals surface area contributed by atoms with Gasteiger partial charge >= 0.3 is 5.97 Å². The Morgan fingerprint density at radius 1 is 1.24 bits per heavy atom. The molecular weight excluding hydrogens is 316 g/mol. The number of nitrogens with one attached hydrogen (secondary N) is 1. The van der Waals surface area contributed by atoms with Gasteiger partial charge in [-0.1, -0.05) is 0 Å². The van der Waals surface area contributed by atoms with Gasteiger partial charge in [0.15, 0.2) is 6.61 Å². The molecule has 1 amide bonds. The first-order chi connectivity index (χ1) is 11.9. The first kappa shape index (κ1) is 16.7. The van der Waals surface area contributed by atoms with Gasteiger partial charge in [-0.25, -0.2) is 4.79 Å². The smallest absolute Gasteiger partial charge is 0.355 e. The zero-order chi connectivity index (χ0) is 17.6. The number of aromatic nitrogens is 1. The van der Waals surface area contributed by atoms with Crippen LogP contribution in [0.5, 0.6) is 0 Å². The molecule has 1 atom stereocenters. The lowest BCUT2D eigenvalue weighted by Gasteiger charge is -2.59. The summed E-state index contributed by atoms with van der Waals surface area (Å²) in [4.78, 5) is 24.3. The zero-order valence-electron chi connectivity index (χ0n) is 15.2. The molecule has 5 heteroatoms. The van der Waals surface area contributed by atoms with E-state index in [1.54, 1.807) is 29.9 Å². The van der Waals surface area contributed by atoms with Crippen LogP contribution >= 0.6 is 0 Å². The van der Waals surface area contributed by atoms with E-state index in [4.69, 9.17) is 4.74 Å². The van der Waals surface area contributed by atoms with Gasteiger partial charge < -0.3 is 14.6 Å². The van der Waals surface area contributed by atoms with Crippen LogP contribution in [0.4, 0.5) is 0 Å². The summed E-state index contributed by atoms with van der Waals surface area (Å²) in [6.45, 7) is 1.94. The van der Waals surface area contributed by atoms with Crippen LogP contribution in [0, 0.1) is 23.2 Å². The van der Waals surface area contributed by atoms with Gasteiger partial charge in [0.1, 0.15) is 5.69 Å². The Labute approximate surface area is 149 Å². The second-order valence-corrected chi connectivity index (χ2v) is 8.65. The Bertz CT molecular complexity index is 643. The quantitative estimate of drug-likeness (QED) is 0.836. The summed E-state index contributed by atoms with van der Waals surface area (Å²) in [7, 11) is 1.78. The van der Waals surface area contributed by atoms with E-state index >= 15 is 0 Å². The molecule has 4 saturated carbocycles. The summed E-state index contributed by atoms with van der Waals surface area (Å²) >= 11 is 0. The van der Waals surface area contributed by atoms with Crippen molar-refractivity contribution in [1.82, 2.24) is 9.88 Å². The van der Waals surface area contributed by atoms with Crippen LogP contribution in [-0.4, -0.2) is 29.1 Å². The molecule has 0 spiro atoms. The van der Waals surface area contributed by atoms with Crippen molar-refractivity contribution in [3.05, 3.63) is 24.0 Å². The molecule has 1 N–H and O–H groups in total. The molecule has 4 aliphatic rings. The van der Waals surface area contributed by atoms with Gasteiger partial charge in [-0.05, 0) is 80.8 Å². The van der Waals surface area contributed by atoms with E-state index in [0.29, 0.717) is 5.69 Å². The second-order valence-electron chi connectivity index (χ2n) is 8.65. The summed E-state index contributed by atoms with van der Waals surface area (Å²) < 4.78 is 6.87. The minimum Gasteiger partial charge on any atom is -0.451 e. The van der Waals surface area contributed by atoms with Crippen molar-refractivity contribution in [2.45, 2.75) is 51.5 Å². The van der Waals surface area contributed by atoms with Gasteiger partial charge in [-0.3, -0.25) is 4.79 Å². The monoisotopic (exact) mass is 344 g/mol. The van der Waals surface area contributed by atoms with Gasteiger partial charge in [0.25, 0.3) is 5.91 Å². The van der Waals surface area contributed by atoms with Crippen LogP contribution in [0.3, 0.4) is 0 Å². The summed E-state index contributed by atoms with van der Waals surface area (Å²) in [6, 6.07) is 3.63. The van der Waals surface area contributed by atoms with Crippen molar-refractivity contribution >= 4 is 11.9 Å². The lowest BCUT2D eigenvalue weighted by molar-refractivity contribution is -0.128. The first-order valence-electron chi connectivity index (χ1n) is 9.53. The lowest BCUT2D eigenvalue weighted by atomic mass is 9.48. The highest BCUT2D eigenvalue weighted by atomic mass is 16.5. The van der Waals surface area contributed by atoms with Crippen molar-refractivity contribution in [3.8, 4) is 0 Å². The number of nitrogens with zero attached hydrogens (tertiary/aromatic N) is 1. The van der Waals surface area contributed by atoms with E-state index in [2.05, 4.69) is 12.2 Å². The summed E-state index contributed by atoms with van der Waals surface area (Å²) in [6.07, 6.45) is 9.74. The largest absolute Gasteiger partial charge is 0.451 e. The Morgan fingerprint density at radius 2 is 1.84 bits per heavy atom. The maximum Gasteiger partial charge on any atom is 0.355 e. The van der Waals surface area contributed by atoms with Gasteiger partial charge in [0.2, 0.25) is 0 Å². The summed E-state index contributed by atoms with van der Waals surface area (Å²) in [5, 5.41) is 3.13. The van der Waals surface area contributed by atoms with E-state index < -0.39 is 5.97 Å². The van der Waals surface area contributed by atoms with Crippen molar-refractivity contribution < 1.29 is 14.3 Å². The number of hydrogen-bond acceptors (Lipinski definition) is 3. The predicted molar refractivity (Wildman–Crippen MR) is 93.9 cm³/mol. The summed E-state index contributed by atoms with van der Waals surface area (Å²) in [5.41, 5.74) is 0.730. The molecule has 4 fully saturated rings. The Morgan fingerprint density at radius 3 is 2.36 bits per heavy atom. The Kier molecular flexibility index (Phi) is 4.13. The van der Waals surface area contributed by atoms with Gasteiger partial charge in [-0.2, -0.15) is 0 Å². The second kappa shape index (κ2) is 6.19. The highest BCUT2D eigenvalue weighted by molar-refractivity contribution is 5.90. The lowest BCUT2D eigenvalue weighted by Crippen LogP contribution is -2.56. The van der Waals surface area contributed by atoms with Crippen LogP contribution in [-0.2, 0) is 16.6 Å². The molecule has 5 rings (SSSR count). The fourth-order valence-electron chi connectivity index (χ4n) is 6.02. The first-order valence-corrected chi connectivity index (χ1v) is 9.53. The fourth-order valence-corrected chi connectivity index (χ4v) is 6.02. The molecule has 0 radical (unpaired) electrons. The number of ether oxygens (including phenoxy) is 1. The van der Waals surface area contributed by atoms with E-state index in [1.165, 1.54) is 38.5 Å². The van der Waals surface area contributed by atoms with Gasteiger partial charge in [0, 0.05) is 19.3 Å². The molecular formula is C20H28N2O3. The minimum absolute atomic E-state index is 0.155. The third kappa shape index (κ3) is 3.09. The molecule has 0 saturated heterocycles. The number of carbonyl (C=O) groups excluding carboxylic acids is 2. The fraction of sp³-hybridized carbons (Fsp3) is 0.700. The molecule has 136 valence electrons. The van der Waals surface area contributed by atoms with Crippen LogP contribution in [0.2, 0.25) is 0 Å². The van der Waals surface area contributed by atoms with Gasteiger partial charge in [-0.15, -0.1) is 0 Å². The topological polar surface area (TPSA) is 60.3 Å². The number of esters is 1. The third-order valence-electron chi connectivity index (χ3n) is 6.87. The average Bonchev–Trinajstić information content (AvgIpc) is 2.97. The van der Waals surface area contributed by atoms with Crippen LogP contribution in [0.15, 0.2) is 18.3 Å². The van der Waals surface area contributed by atoms with E-state index in [0.717, 1.165) is 17.8 Å². The maximum atomic E-state index is 12.3. The number of carbonyl (C=O) groups is 2. The Balaban J connectivity index is 1.32. The molecule has 0 aliphatic heterocycles. The number of rotatable bonds is 5. The summed E-state index contributed by atoms with van der Waals surface area (Å²) in [5.74, 6) is 1.94. The molecule has 25 heavy (non-hydrogen) atoms. The standard InChI is InChI=1S/C20H28N2O3/c1-13(20-9-14-6-15(10-20)8-16(7-14)11-20)21-18(23)12-25-19(24)17-4-3-5-22(17)2/h3-5,13-16H,6-12H2,1-2H3,(H,21,23)/t13-,14?,15?,16?,20?/m0/s1. The van der Waals surface area contributed by atoms with E-state index in [1.807, 2.05) is 0 Å². The normalized spacial score (nSPS) is 33.9. The molecule has 4 aliphatic carbocycles. The highest BCUT2D eigenvalue weighted by Crippen LogP contribution is 2.61. The number of hydrogen-bond donors (Lipinski definition) is 1. The number of aryl methyl sites for hydroxylation is 1. The van der Waals surface area contributed by atoms with Crippen molar-refractivity contribution in [2.24, 2.45) is 30.2 Å². The maximum absolute atomic E-state index is 12.3. The zero-order valence-corrected chi connectivity index (χ0v) is 15.2. The van der Waals surface area contributed by atoms with Crippen molar-refractivity contribution in [2.75, 3.05) is 6.61 Å². The molecule has 1 aromatic rings. The van der Waals surface area contributed by atoms with E-state index in [-0.39, 0.29) is 24.0 Å². The van der Waals surface area contributed by atoms with E-state index in [9.17, 15) is 9.59 Å². The predicted octanol–water partition coefficient (Wildman–Crippen LogP) is 2.90. The van der Waals surface area contributed by atoms with Gasteiger partial charge in [0.05, 0.1) is 0 Å². The van der Waals surface area contributed by atoms with Crippen LogP contribution < -0.4 is 5.32 Å². The average molecular weight is 344 g/mol. The van der Waals surface area contributed by atoms with Crippen LogP contribution in [0.25, 0.3) is 0 Å². The molecule has 5 nitrogen and oxygen atoms in total. The third-order valence-corrected chi connectivity index (χ3v) is 6.87. The minimum atomic E-state index is -0.454. The number of amides is 1. The Hall–Kier alpha value is -1.78. The molecule has 0 unspecified atom stereocenters. The van der Waals surface area contributed by atoms with Crippen molar-refractivity contribution in [3.63, 3.8) is 0 Å². The molecule has 1 heterocycles. The SMILES string of the molecule is C[C@H](NC(=O)COC(=O)c1cccn1C)C12CC3CC(CC(C3)C1)C2. The van der Waals surface area contributed by atoms with Crippen LogP contribution in [0.1, 0.15) is 55.9 Å².